The minimum atomic E-state index is 0.453. The summed E-state index contributed by atoms with van der Waals surface area (Å²) in [5.41, 5.74) is 2.83. The molecule has 0 saturated heterocycles. The molecule has 0 heterocycles. The number of nitrogens with one attached hydrogen (secondary N) is 1. The Hall–Kier alpha value is -1.06. The summed E-state index contributed by atoms with van der Waals surface area (Å²) in [4.78, 5) is 4.77. The van der Waals surface area contributed by atoms with Crippen molar-refractivity contribution in [1.82, 2.24) is 10.2 Å². The summed E-state index contributed by atoms with van der Waals surface area (Å²) in [5, 5.41) is 3.61. The number of nitrogens with zero attached hydrogens (tertiary/aromatic N) is 2. The van der Waals surface area contributed by atoms with Crippen LogP contribution < -0.4 is 10.2 Å². The lowest BCUT2D eigenvalue weighted by molar-refractivity contribution is 0.400. The van der Waals surface area contributed by atoms with Gasteiger partial charge in [-0.25, -0.2) is 0 Å². The Morgan fingerprint density at radius 3 is 2.33 bits per heavy atom. The van der Waals surface area contributed by atoms with Crippen molar-refractivity contribution < 1.29 is 0 Å². The Morgan fingerprint density at radius 1 is 1.05 bits per heavy atom. The smallest absolute Gasteiger partial charge is 0.0414 e. The van der Waals surface area contributed by atoms with Crippen molar-refractivity contribution in [2.24, 2.45) is 0 Å². The van der Waals surface area contributed by atoms with Crippen molar-refractivity contribution in [3.8, 4) is 0 Å². The number of rotatable bonds is 10. The molecule has 0 fully saturated rings. The van der Waals surface area contributed by atoms with Crippen LogP contribution in [0.4, 0.5) is 5.69 Å². The van der Waals surface area contributed by atoms with Gasteiger partial charge in [-0.1, -0.05) is 32.0 Å². The van der Waals surface area contributed by atoms with E-state index in [0.29, 0.717) is 6.04 Å². The number of benzene rings is 1. The zero-order chi connectivity index (χ0) is 15.7. The van der Waals surface area contributed by atoms with Crippen molar-refractivity contribution in [3.05, 3.63) is 29.8 Å². The zero-order valence-corrected chi connectivity index (χ0v) is 14.5. The van der Waals surface area contributed by atoms with Gasteiger partial charge >= 0.3 is 0 Å². The summed E-state index contributed by atoms with van der Waals surface area (Å²) >= 11 is 0. The lowest BCUT2D eigenvalue weighted by Gasteiger charge is -2.29. The first kappa shape index (κ1) is 18.0. The maximum Gasteiger partial charge on any atom is 0.0414 e. The van der Waals surface area contributed by atoms with Gasteiger partial charge in [0, 0.05) is 24.8 Å². The van der Waals surface area contributed by atoms with E-state index in [1.807, 2.05) is 0 Å². The molecule has 3 nitrogen and oxygen atoms in total. The number of hydrogen-bond acceptors (Lipinski definition) is 3. The first-order chi connectivity index (χ1) is 10.1. The third-order valence-electron chi connectivity index (χ3n) is 3.93. The summed E-state index contributed by atoms with van der Waals surface area (Å²) < 4.78 is 0. The lowest BCUT2D eigenvalue weighted by Crippen LogP contribution is -2.29. The van der Waals surface area contributed by atoms with Crippen LogP contribution in [0.1, 0.15) is 45.2 Å². The fourth-order valence-electron chi connectivity index (χ4n) is 2.82. The molecular formula is C18H33N3. The average Bonchev–Trinajstić information content (AvgIpc) is 2.49. The monoisotopic (exact) mass is 291 g/mol. The summed E-state index contributed by atoms with van der Waals surface area (Å²) in [7, 11) is 4.28. The summed E-state index contributed by atoms with van der Waals surface area (Å²) in [5.74, 6) is 0. The fourth-order valence-corrected chi connectivity index (χ4v) is 2.82. The first-order valence-electron chi connectivity index (χ1n) is 8.35. The molecule has 0 aromatic heterocycles. The molecule has 21 heavy (non-hydrogen) atoms. The molecule has 1 aromatic rings. The molecule has 0 aliphatic rings. The molecule has 0 amide bonds. The molecule has 3 heteroatoms. The third-order valence-corrected chi connectivity index (χ3v) is 3.93. The highest BCUT2D eigenvalue weighted by Gasteiger charge is 2.15. The van der Waals surface area contributed by atoms with Crippen LogP contribution in [-0.2, 0) is 0 Å². The van der Waals surface area contributed by atoms with Crippen LogP contribution in [-0.4, -0.2) is 45.2 Å². The molecule has 1 rings (SSSR count). The van der Waals surface area contributed by atoms with Gasteiger partial charge in [0.05, 0.1) is 0 Å². The van der Waals surface area contributed by atoms with Gasteiger partial charge in [0.1, 0.15) is 0 Å². The quantitative estimate of drug-likeness (QED) is 0.711. The third kappa shape index (κ3) is 5.68. The van der Waals surface area contributed by atoms with E-state index >= 15 is 0 Å². The summed E-state index contributed by atoms with van der Waals surface area (Å²) in [6.07, 6.45) is 2.33. The largest absolute Gasteiger partial charge is 0.371 e. The van der Waals surface area contributed by atoms with Crippen LogP contribution >= 0.6 is 0 Å². The van der Waals surface area contributed by atoms with E-state index in [1.165, 1.54) is 17.7 Å². The van der Waals surface area contributed by atoms with E-state index in [0.717, 1.165) is 32.6 Å². The van der Waals surface area contributed by atoms with Gasteiger partial charge in [0.2, 0.25) is 0 Å². The Bertz CT molecular complexity index is 390. The highest BCUT2D eigenvalue weighted by atomic mass is 15.1. The van der Waals surface area contributed by atoms with Crippen molar-refractivity contribution in [2.75, 3.05) is 45.2 Å². The maximum absolute atomic E-state index is 3.61. The molecule has 0 saturated carbocycles. The molecule has 0 bridgehead atoms. The van der Waals surface area contributed by atoms with Gasteiger partial charge in [-0.2, -0.15) is 0 Å². The highest BCUT2D eigenvalue weighted by molar-refractivity contribution is 5.55. The molecule has 0 aliphatic heterocycles. The van der Waals surface area contributed by atoms with Gasteiger partial charge in [-0.15, -0.1) is 0 Å². The van der Waals surface area contributed by atoms with Crippen LogP contribution in [0, 0.1) is 0 Å². The Kier molecular flexibility index (Phi) is 8.40. The second kappa shape index (κ2) is 9.80. The van der Waals surface area contributed by atoms with Crippen LogP contribution in [0.5, 0.6) is 0 Å². The first-order valence-corrected chi connectivity index (χ1v) is 8.35. The SMILES string of the molecule is CCNC(CC)c1ccccc1N(CC)CCCN(C)C. The standard InChI is InChI=1S/C18H33N3/c1-6-17(19-7-2)16-12-9-10-13-18(16)21(8-3)15-11-14-20(4)5/h9-10,12-13,17,19H,6-8,11,14-15H2,1-5H3. The van der Waals surface area contributed by atoms with Gasteiger partial charge in [-0.05, 0) is 58.6 Å². The van der Waals surface area contributed by atoms with E-state index in [2.05, 4.69) is 74.2 Å². The Labute approximate surface area is 131 Å². The Morgan fingerprint density at radius 2 is 1.76 bits per heavy atom. The minimum Gasteiger partial charge on any atom is -0.371 e. The summed E-state index contributed by atoms with van der Waals surface area (Å²) in [6.45, 7) is 11.0. The van der Waals surface area contributed by atoms with Crippen molar-refractivity contribution in [2.45, 2.75) is 39.7 Å². The molecule has 0 aliphatic carbocycles. The van der Waals surface area contributed by atoms with E-state index in [-0.39, 0.29) is 0 Å². The van der Waals surface area contributed by atoms with Crippen molar-refractivity contribution in [1.29, 1.82) is 0 Å². The average molecular weight is 291 g/mol. The molecule has 1 N–H and O–H groups in total. The number of hydrogen-bond donors (Lipinski definition) is 1. The van der Waals surface area contributed by atoms with Crippen molar-refractivity contribution >= 4 is 5.69 Å². The van der Waals surface area contributed by atoms with E-state index in [1.54, 1.807) is 0 Å². The minimum absolute atomic E-state index is 0.453. The predicted molar refractivity (Wildman–Crippen MR) is 94.2 cm³/mol. The fraction of sp³-hybridized carbons (Fsp3) is 0.667. The van der Waals surface area contributed by atoms with E-state index in [9.17, 15) is 0 Å². The van der Waals surface area contributed by atoms with Gasteiger partial charge in [0.15, 0.2) is 0 Å². The van der Waals surface area contributed by atoms with Gasteiger partial charge < -0.3 is 15.1 Å². The van der Waals surface area contributed by atoms with E-state index < -0.39 is 0 Å². The molecule has 1 aromatic carbocycles. The molecular weight excluding hydrogens is 258 g/mol. The normalized spacial score (nSPS) is 12.7. The van der Waals surface area contributed by atoms with Crippen LogP contribution in [0.2, 0.25) is 0 Å². The number of anilines is 1. The van der Waals surface area contributed by atoms with E-state index in [4.69, 9.17) is 0 Å². The molecule has 120 valence electrons. The van der Waals surface area contributed by atoms with Crippen LogP contribution in [0.15, 0.2) is 24.3 Å². The van der Waals surface area contributed by atoms with Gasteiger partial charge in [0.25, 0.3) is 0 Å². The van der Waals surface area contributed by atoms with Crippen molar-refractivity contribution in [3.63, 3.8) is 0 Å². The topological polar surface area (TPSA) is 18.5 Å². The molecule has 1 atom stereocenters. The maximum atomic E-state index is 3.61. The molecule has 0 radical (unpaired) electrons. The predicted octanol–water partition coefficient (Wildman–Crippen LogP) is 3.53. The highest BCUT2D eigenvalue weighted by Crippen LogP contribution is 2.28. The molecule has 0 spiro atoms. The van der Waals surface area contributed by atoms with Crippen LogP contribution in [0.3, 0.4) is 0 Å². The Balaban J connectivity index is 2.87. The van der Waals surface area contributed by atoms with Crippen LogP contribution in [0.25, 0.3) is 0 Å². The second-order valence-corrected chi connectivity index (χ2v) is 5.81. The second-order valence-electron chi connectivity index (χ2n) is 5.81. The molecule has 1 unspecified atom stereocenters. The zero-order valence-electron chi connectivity index (χ0n) is 14.5. The summed E-state index contributed by atoms with van der Waals surface area (Å²) in [6, 6.07) is 9.32. The lowest BCUT2D eigenvalue weighted by atomic mass is 10.0. The number of para-hydroxylation sites is 1. The van der Waals surface area contributed by atoms with Gasteiger partial charge in [-0.3, -0.25) is 0 Å².